The monoisotopic (exact) mass is 453 g/mol. The molecule has 8 nitrogen and oxygen atoms in total. The third-order valence-electron chi connectivity index (χ3n) is 5.67. The number of carbonyl (C=O) groups excluding carboxylic acids is 1. The first-order valence-electron chi connectivity index (χ1n) is 10.6. The van der Waals surface area contributed by atoms with Crippen LogP contribution in [0.15, 0.2) is 51.7 Å². The number of rotatable bonds is 9. The van der Waals surface area contributed by atoms with E-state index < -0.39 is 23.5 Å². The van der Waals surface area contributed by atoms with Crippen molar-refractivity contribution in [1.82, 2.24) is 5.32 Å². The van der Waals surface area contributed by atoms with E-state index in [2.05, 4.69) is 5.32 Å². The lowest BCUT2D eigenvalue weighted by molar-refractivity contribution is -0.143. The molecule has 0 unspecified atom stereocenters. The summed E-state index contributed by atoms with van der Waals surface area (Å²) in [6.45, 7) is 4.98. The number of carbonyl (C=O) groups is 2. The van der Waals surface area contributed by atoms with Crippen molar-refractivity contribution in [2.75, 3.05) is 13.7 Å². The molecule has 2 atom stereocenters. The van der Waals surface area contributed by atoms with E-state index in [1.165, 1.54) is 6.07 Å². The molecule has 2 N–H and O–H groups in total. The molecule has 0 aliphatic heterocycles. The maximum Gasteiger partial charge on any atom is 0.336 e. The van der Waals surface area contributed by atoms with Crippen molar-refractivity contribution in [3.05, 3.63) is 58.4 Å². The highest BCUT2D eigenvalue weighted by Crippen LogP contribution is 2.33. The van der Waals surface area contributed by atoms with Gasteiger partial charge in [-0.2, -0.15) is 0 Å². The smallest absolute Gasteiger partial charge is 0.336 e. The van der Waals surface area contributed by atoms with Crippen LogP contribution in [0.5, 0.6) is 11.5 Å². The van der Waals surface area contributed by atoms with E-state index >= 15 is 0 Å². The van der Waals surface area contributed by atoms with Gasteiger partial charge in [0.2, 0.25) is 0 Å². The van der Waals surface area contributed by atoms with Crippen LogP contribution in [0.3, 0.4) is 0 Å². The van der Waals surface area contributed by atoms with Crippen molar-refractivity contribution in [1.29, 1.82) is 0 Å². The highest BCUT2D eigenvalue weighted by Gasteiger charge is 2.25. The van der Waals surface area contributed by atoms with Crippen LogP contribution in [-0.2, 0) is 9.59 Å². The molecule has 2 aromatic carbocycles. The van der Waals surface area contributed by atoms with Gasteiger partial charge in [0.25, 0.3) is 5.91 Å². The molecule has 0 saturated heterocycles. The minimum Gasteiger partial charge on any atom is -0.497 e. The molecule has 33 heavy (non-hydrogen) atoms. The van der Waals surface area contributed by atoms with Gasteiger partial charge in [0.05, 0.1) is 7.11 Å². The van der Waals surface area contributed by atoms with Crippen LogP contribution in [0.1, 0.15) is 25.8 Å². The number of carboxylic acid groups (broad SMARTS) is 1. The minimum absolute atomic E-state index is 0.223. The van der Waals surface area contributed by atoms with Crippen molar-refractivity contribution in [3.63, 3.8) is 0 Å². The maximum absolute atomic E-state index is 12.3. The van der Waals surface area contributed by atoms with Crippen LogP contribution in [0, 0.1) is 12.8 Å². The first kappa shape index (κ1) is 23.8. The SMILES string of the molecule is CC[C@@H](C)[C@H](NC(=O)COc1ccc2c(-c3ccc(OC)cc3)cc(=O)oc2c1C)C(=O)O. The van der Waals surface area contributed by atoms with Gasteiger partial charge >= 0.3 is 11.6 Å². The number of aryl methyl sites for hydroxylation is 1. The molecular weight excluding hydrogens is 426 g/mol. The lowest BCUT2D eigenvalue weighted by Gasteiger charge is -2.20. The van der Waals surface area contributed by atoms with Crippen molar-refractivity contribution in [3.8, 4) is 22.6 Å². The average molecular weight is 453 g/mol. The van der Waals surface area contributed by atoms with E-state index in [-0.39, 0.29) is 12.5 Å². The van der Waals surface area contributed by atoms with Gasteiger partial charge in [0.1, 0.15) is 23.1 Å². The highest BCUT2D eigenvalue weighted by atomic mass is 16.5. The van der Waals surface area contributed by atoms with Crippen molar-refractivity contribution >= 4 is 22.8 Å². The Labute approximate surface area is 191 Å². The third-order valence-corrected chi connectivity index (χ3v) is 5.67. The molecule has 0 spiro atoms. The van der Waals surface area contributed by atoms with E-state index in [1.54, 1.807) is 33.1 Å². The number of methoxy groups -OCH3 is 1. The normalized spacial score (nSPS) is 12.7. The number of aliphatic carboxylic acids is 1. The number of ether oxygens (including phenoxy) is 2. The van der Waals surface area contributed by atoms with Gasteiger partial charge in [-0.15, -0.1) is 0 Å². The quantitative estimate of drug-likeness (QED) is 0.474. The van der Waals surface area contributed by atoms with Crippen molar-refractivity contribution < 1.29 is 28.6 Å². The standard InChI is InChI=1S/C25H27NO7/c1-5-14(2)23(25(29)30)26-21(27)13-32-20-11-10-18-19(12-22(28)33-24(18)15(20)3)16-6-8-17(31-4)9-7-16/h6-12,14,23H,5,13H2,1-4H3,(H,26,27)(H,29,30)/t14-,23+/m1/s1. The summed E-state index contributed by atoms with van der Waals surface area (Å²) in [7, 11) is 1.58. The Hall–Kier alpha value is -3.81. The van der Waals surface area contributed by atoms with Crippen LogP contribution in [0.2, 0.25) is 0 Å². The van der Waals surface area contributed by atoms with E-state index in [0.717, 1.165) is 10.9 Å². The van der Waals surface area contributed by atoms with Gasteiger partial charge in [-0.25, -0.2) is 9.59 Å². The molecule has 0 aliphatic rings. The zero-order valence-corrected chi connectivity index (χ0v) is 19.0. The summed E-state index contributed by atoms with van der Waals surface area (Å²) in [5.41, 5.74) is 1.93. The van der Waals surface area contributed by atoms with Gasteiger partial charge in [-0.05, 0) is 48.2 Å². The number of amides is 1. The molecule has 0 fully saturated rings. The summed E-state index contributed by atoms with van der Waals surface area (Å²) in [5.74, 6) is -0.791. The summed E-state index contributed by atoms with van der Waals surface area (Å²) in [4.78, 5) is 36.0. The summed E-state index contributed by atoms with van der Waals surface area (Å²) in [5, 5.41) is 12.6. The molecule has 8 heteroatoms. The van der Waals surface area contributed by atoms with Crippen LogP contribution in [0.4, 0.5) is 0 Å². The second kappa shape index (κ2) is 10.2. The number of nitrogens with one attached hydrogen (secondary N) is 1. The Balaban J connectivity index is 1.86. The van der Waals surface area contributed by atoms with E-state index in [4.69, 9.17) is 13.9 Å². The zero-order chi connectivity index (χ0) is 24.1. The molecule has 174 valence electrons. The number of hydrogen-bond acceptors (Lipinski definition) is 6. The second-order valence-electron chi connectivity index (χ2n) is 7.83. The molecule has 0 radical (unpaired) electrons. The zero-order valence-electron chi connectivity index (χ0n) is 19.0. The predicted octanol–water partition coefficient (Wildman–Crippen LogP) is 3.77. The third kappa shape index (κ3) is 5.34. The molecule has 1 aromatic heterocycles. The molecule has 1 amide bonds. The van der Waals surface area contributed by atoms with Crippen molar-refractivity contribution in [2.24, 2.45) is 5.92 Å². The summed E-state index contributed by atoms with van der Waals surface area (Å²) in [6.07, 6.45) is 0.609. The Morgan fingerprint density at radius 1 is 1.15 bits per heavy atom. The van der Waals surface area contributed by atoms with Crippen LogP contribution >= 0.6 is 0 Å². The fourth-order valence-electron chi connectivity index (χ4n) is 3.55. The molecule has 1 heterocycles. The Kier molecular flexibility index (Phi) is 7.37. The molecular formula is C25H27NO7. The largest absolute Gasteiger partial charge is 0.497 e. The summed E-state index contributed by atoms with van der Waals surface area (Å²) in [6, 6.07) is 11.2. The molecule has 0 bridgehead atoms. The fraction of sp³-hybridized carbons (Fsp3) is 0.320. The number of hydrogen-bond donors (Lipinski definition) is 2. The lowest BCUT2D eigenvalue weighted by Crippen LogP contribution is -2.46. The van der Waals surface area contributed by atoms with E-state index in [9.17, 15) is 19.5 Å². The Bertz CT molecular complexity index is 1210. The fourth-order valence-corrected chi connectivity index (χ4v) is 3.55. The van der Waals surface area contributed by atoms with Gasteiger partial charge in [-0.1, -0.05) is 32.4 Å². The maximum atomic E-state index is 12.3. The van der Waals surface area contributed by atoms with E-state index in [1.807, 2.05) is 31.2 Å². The van der Waals surface area contributed by atoms with Gasteiger partial charge in [0, 0.05) is 17.0 Å². The molecule has 3 aromatic rings. The molecule has 0 aliphatic carbocycles. The van der Waals surface area contributed by atoms with Gasteiger partial charge < -0.3 is 24.3 Å². The Morgan fingerprint density at radius 2 is 1.85 bits per heavy atom. The lowest BCUT2D eigenvalue weighted by atomic mass is 9.99. The van der Waals surface area contributed by atoms with Gasteiger partial charge in [0.15, 0.2) is 6.61 Å². The first-order valence-corrected chi connectivity index (χ1v) is 10.6. The summed E-state index contributed by atoms with van der Waals surface area (Å²) >= 11 is 0. The van der Waals surface area contributed by atoms with E-state index in [0.29, 0.717) is 34.6 Å². The Morgan fingerprint density at radius 3 is 2.45 bits per heavy atom. The molecule has 3 rings (SSSR count). The highest BCUT2D eigenvalue weighted by molar-refractivity contribution is 5.95. The van der Waals surface area contributed by atoms with Crippen LogP contribution in [-0.4, -0.2) is 36.7 Å². The van der Waals surface area contributed by atoms with Gasteiger partial charge in [-0.3, -0.25) is 4.79 Å². The molecule has 0 saturated carbocycles. The number of fused-ring (bicyclic) bond motifs is 1. The number of benzene rings is 2. The number of carboxylic acids is 1. The second-order valence-corrected chi connectivity index (χ2v) is 7.83. The topological polar surface area (TPSA) is 115 Å². The predicted molar refractivity (Wildman–Crippen MR) is 124 cm³/mol. The van der Waals surface area contributed by atoms with Crippen LogP contribution < -0.4 is 20.4 Å². The van der Waals surface area contributed by atoms with Crippen LogP contribution in [0.25, 0.3) is 22.1 Å². The van der Waals surface area contributed by atoms with Crippen molar-refractivity contribution in [2.45, 2.75) is 33.2 Å². The summed E-state index contributed by atoms with van der Waals surface area (Å²) < 4.78 is 16.3. The minimum atomic E-state index is -1.09. The first-order chi connectivity index (χ1) is 15.7. The average Bonchev–Trinajstić information content (AvgIpc) is 2.81.